The monoisotopic (exact) mass is 256 g/mol. The molecule has 1 aromatic carbocycles. The number of hydrogen-bond donors (Lipinski definition) is 1. The van der Waals surface area contributed by atoms with Crippen molar-refractivity contribution in [1.29, 1.82) is 5.26 Å². The third-order valence-corrected chi connectivity index (χ3v) is 3.22. The first kappa shape index (κ1) is 12.4. The van der Waals surface area contributed by atoms with Crippen molar-refractivity contribution >= 4 is 23.1 Å². The van der Waals surface area contributed by atoms with Gasteiger partial charge in [-0.25, -0.2) is 9.97 Å². The molecule has 18 heavy (non-hydrogen) atoms. The summed E-state index contributed by atoms with van der Waals surface area (Å²) < 4.78 is 0. The Balaban J connectivity index is 2.34. The van der Waals surface area contributed by atoms with Crippen LogP contribution in [0.3, 0.4) is 0 Å². The summed E-state index contributed by atoms with van der Waals surface area (Å²) in [6.07, 6.45) is 4.82. The molecule has 0 spiro atoms. The largest absolute Gasteiger partial charge is 0.352 e. The molecular weight excluding hydrogens is 244 g/mol. The van der Waals surface area contributed by atoms with Gasteiger partial charge >= 0.3 is 0 Å². The summed E-state index contributed by atoms with van der Waals surface area (Å²) in [6, 6.07) is 8.02. The minimum Gasteiger partial charge on any atom is -0.352 e. The third-order valence-electron chi connectivity index (χ3n) is 2.28. The van der Waals surface area contributed by atoms with Gasteiger partial charge in [-0.3, -0.25) is 0 Å². The van der Waals surface area contributed by atoms with E-state index < -0.39 is 0 Å². The van der Waals surface area contributed by atoms with Crippen molar-refractivity contribution in [2.75, 3.05) is 11.1 Å². The smallest absolute Gasteiger partial charge is 0.115 e. The first-order chi connectivity index (χ1) is 8.85. The highest BCUT2D eigenvalue weighted by Gasteiger charge is 2.08. The van der Waals surface area contributed by atoms with Crippen LogP contribution in [-0.2, 0) is 0 Å². The number of nitrogens with zero attached hydrogens (tertiary/aromatic N) is 3. The first-order valence-corrected chi connectivity index (χ1v) is 6.51. The Kier molecular flexibility index (Phi) is 4.15. The molecule has 0 bridgehead atoms. The summed E-state index contributed by atoms with van der Waals surface area (Å²) in [7, 11) is 0. The van der Waals surface area contributed by atoms with E-state index in [-0.39, 0.29) is 0 Å². The molecule has 2 aromatic rings. The van der Waals surface area contributed by atoms with Gasteiger partial charge in [0.25, 0.3) is 0 Å². The van der Waals surface area contributed by atoms with Crippen LogP contribution in [0.1, 0.15) is 12.5 Å². The molecule has 5 heteroatoms. The number of nitriles is 1. The lowest BCUT2D eigenvalue weighted by Crippen LogP contribution is -1.96. The van der Waals surface area contributed by atoms with Gasteiger partial charge in [0.15, 0.2) is 0 Å². The lowest BCUT2D eigenvalue weighted by atomic mass is 10.2. The highest BCUT2D eigenvalue weighted by molar-refractivity contribution is 7.99. The predicted octanol–water partition coefficient (Wildman–Crippen LogP) is 3.20. The summed E-state index contributed by atoms with van der Waals surface area (Å²) in [5.41, 5.74) is 2.21. The molecule has 0 amide bonds. The van der Waals surface area contributed by atoms with Gasteiger partial charge in [-0.1, -0.05) is 13.0 Å². The van der Waals surface area contributed by atoms with Gasteiger partial charge in [0.05, 0.1) is 29.3 Å². The molecule has 2 rings (SSSR count). The summed E-state index contributed by atoms with van der Waals surface area (Å²) in [5.74, 6) is 0.937. The van der Waals surface area contributed by atoms with Crippen LogP contribution in [0.15, 0.2) is 41.8 Å². The molecule has 0 atom stereocenters. The number of nitrogens with one attached hydrogen (secondary N) is 1. The highest BCUT2D eigenvalue weighted by Crippen LogP contribution is 2.29. The van der Waals surface area contributed by atoms with E-state index in [1.165, 1.54) is 6.33 Å². The third kappa shape index (κ3) is 2.79. The van der Waals surface area contributed by atoms with E-state index in [9.17, 15) is 5.26 Å². The lowest BCUT2D eigenvalue weighted by Gasteiger charge is -2.10. The maximum absolute atomic E-state index is 9.27. The molecule has 0 unspecified atom stereocenters. The normalized spacial score (nSPS) is 9.78. The fourth-order valence-electron chi connectivity index (χ4n) is 1.55. The molecular formula is C13H12N4S. The summed E-state index contributed by atoms with van der Waals surface area (Å²) in [6.45, 7) is 2.07. The minimum atomic E-state index is 0.660. The zero-order valence-corrected chi connectivity index (χ0v) is 10.7. The maximum atomic E-state index is 9.27. The molecule has 0 saturated carbocycles. The quantitative estimate of drug-likeness (QED) is 0.851. The molecule has 1 aromatic heterocycles. The molecule has 0 saturated heterocycles. The summed E-state index contributed by atoms with van der Waals surface area (Å²) in [5, 5.41) is 12.4. The van der Waals surface area contributed by atoms with Crippen LogP contribution >= 0.6 is 11.8 Å². The van der Waals surface area contributed by atoms with Crippen molar-refractivity contribution in [2.24, 2.45) is 0 Å². The van der Waals surface area contributed by atoms with Crippen molar-refractivity contribution in [3.05, 3.63) is 42.5 Å². The van der Waals surface area contributed by atoms with E-state index in [0.717, 1.165) is 22.0 Å². The number of anilines is 2. The van der Waals surface area contributed by atoms with Crippen molar-refractivity contribution in [2.45, 2.75) is 11.8 Å². The second kappa shape index (κ2) is 6.03. The molecule has 4 nitrogen and oxygen atoms in total. The Morgan fingerprint density at radius 2 is 2.11 bits per heavy atom. The van der Waals surface area contributed by atoms with E-state index >= 15 is 0 Å². The molecule has 1 heterocycles. The second-order valence-electron chi connectivity index (χ2n) is 3.48. The Bertz CT molecular complexity index is 563. The van der Waals surface area contributed by atoms with Gasteiger partial charge in [0.1, 0.15) is 12.4 Å². The standard InChI is InChI=1S/C13H12N4S/c1-2-18-13-5-3-4-12(11(13)6-14)17-10-7-15-9-16-8-10/h3-5,7-9,17H,2H2,1H3. The number of aromatic nitrogens is 2. The number of hydrogen-bond acceptors (Lipinski definition) is 5. The van der Waals surface area contributed by atoms with Crippen LogP contribution in [-0.4, -0.2) is 15.7 Å². The molecule has 0 aliphatic rings. The topological polar surface area (TPSA) is 61.6 Å². The van der Waals surface area contributed by atoms with Crippen LogP contribution in [0.4, 0.5) is 11.4 Å². The van der Waals surface area contributed by atoms with Gasteiger partial charge in [0.2, 0.25) is 0 Å². The molecule has 90 valence electrons. The Hall–Kier alpha value is -2.06. The zero-order chi connectivity index (χ0) is 12.8. The first-order valence-electron chi connectivity index (χ1n) is 5.53. The van der Waals surface area contributed by atoms with Gasteiger partial charge < -0.3 is 5.32 Å². The Morgan fingerprint density at radius 1 is 1.33 bits per heavy atom. The maximum Gasteiger partial charge on any atom is 0.115 e. The average molecular weight is 256 g/mol. The van der Waals surface area contributed by atoms with E-state index in [0.29, 0.717) is 5.56 Å². The van der Waals surface area contributed by atoms with Crippen LogP contribution in [0.5, 0.6) is 0 Å². The van der Waals surface area contributed by atoms with E-state index in [4.69, 9.17) is 0 Å². The predicted molar refractivity (Wildman–Crippen MR) is 72.9 cm³/mol. The Morgan fingerprint density at radius 3 is 2.78 bits per heavy atom. The van der Waals surface area contributed by atoms with E-state index in [1.54, 1.807) is 24.2 Å². The van der Waals surface area contributed by atoms with Crippen LogP contribution in [0.25, 0.3) is 0 Å². The average Bonchev–Trinajstić information content (AvgIpc) is 2.41. The van der Waals surface area contributed by atoms with Crippen LogP contribution in [0.2, 0.25) is 0 Å². The molecule has 0 aliphatic heterocycles. The summed E-state index contributed by atoms with van der Waals surface area (Å²) in [4.78, 5) is 8.85. The van der Waals surface area contributed by atoms with Gasteiger partial charge in [-0.2, -0.15) is 5.26 Å². The molecule has 0 fully saturated rings. The van der Waals surface area contributed by atoms with E-state index in [2.05, 4.69) is 28.3 Å². The van der Waals surface area contributed by atoms with Gasteiger partial charge in [0, 0.05) is 4.90 Å². The van der Waals surface area contributed by atoms with E-state index in [1.807, 2.05) is 18.2 Å². The van der Waals surface area contributed by atoms with Crippen molar-refractivity contribution < 1.29 is 0 Å². The Labute approximate surface area is 110 Å². The van der Waals surface area contributed by atoms with Gasteiger partial charge in [-0.05, 0) is 17.9 Å². The fourth-order valence-corrected chi connectivity index (χ4v) is 2.33. The zero-order valence-electron chi connectivity index (χ0n) is 9.92. The highest BCUT2D eigenvalue weighted by atomic mass is 32.2. The lowest BCUT2D eigenvalue weighted by molar-refractivity contribution is 1.17. The fraction of sp³-hybridized carbons (Fsp3) is 0.154. The molecule has 0 aliphatic carbocycles. The molecule has 0 radical (unpaired) electrons. The number of rotatable bonds is 4. The number of benzene rings is 1. The molecule has 1 N–H and O–H groups in total. The summed E-state index contributed by atoms with van der Waals surface area (Å²) >= 11 is 1.66. The SMILES string of the molecule is CCSc1cccc(Nc2cncnc2)c1C#N. The van der Waals surface area contributed by atoms with Gasteiger partial charge in [-0.15, -0.1) is 11.8 Å². The van der Waals surface area contributed by atoms with Crippen molar-refractivity contribution in [3.63, 3.8) is 0 Å². The van der Waals surface area contributed by atoms with Crippen molar-refractivity contribution in [3.8, 4) is 6.07 Å². The second-order valence-corrected chi connectivity index (χ2v) is 4.78. The van der Waals surface area contributed by atoms with Crippen molar-refractivity contribution in [1.82, 2.24) is 9.97 Å². The van der Waals surface area contributed by atoms with Crippen LogP contribution in [0, 0.1) is 11.3 Å². The minimum absolute atomic E-state index is 0.660. The number of thioether (sulfide) groups is 1. The van der Waals surface area contributed by atoms with Crippen LogP contribution < -0.4 is 5.32 Å².